The van der Waals surface area contributed by atoms with E-state index in [1.165, 1.54) is 18.2 Å². The Balaban J connectivity index is 2.36. The number of benzene rings is 1. The van der Waals surface area contributed by atoms with Gasteiger partial charge in [0.05, 0.1) is 11.1 Å². The van der Waals surface area contributed by atoms with Crippen molar-refractivity contribution >= 4 is 5.97 Å². The van der Waals surface area contributed by atoms with E-state index in [1.54, 1.807) is 0 Å². The van der Waals surface area contributed by atoms with E-state index in [4.69, 9.17) is 9.84 Å². The van der Waals surface area contributed by atoms with Gasteiger partial charge in [-0.2, -0.15) is 13.2 Å². The molecule has 0 spiro atoms. The minimum Gasteiger partial charge on any atom is -0.478 e. The molecule has 4 nitrogen and oxygen atoms in total. The molecule has 2 rings (SSSR count). The number of aromatic carboxylic acids is 1. The molecule has 20 heavy (non-hydrogen) atoms. The Kier molecular flexibility index (Phi) is 3.60. The Labute approximate surface area is 111 Å². The summed E-state index contributed by atoms with van der Waals surface area (Å²) < 4.78 is 43.3. The molecule has 0 bridgehead atoms. The fraction of sp³-hybridized carbons (Fsp3) is 0.0769. The molecule has 0 aliphatic carbocycles. The third-order valence-electron chi connectivity index (χ3n) is 2.39. The van der Waals surface area contributed by atoms with Crippen LogP contribution in [0, 0.1) is 0 Å². The molecule has 1 aromatic heterocycles. The van der Waals surface area contributed by atoms with Crippen LogP contribution < -0.4 is 4.74 Å². The van der Waals surface area contributed by atoms with Crippen LogP contribution in [0.3, 0.4) is 0 Å². The molecule has 1 heterocycles. The van der Waals surface area contributed by atoms with Gasteiger partial charge in [0.2, 0.25) is 5.88 Å². The van der Waals surface area contributed by atoms with E-state index in [0.29, 0.717) is 0 Å². The van der Waals surface area contributed by atoms with E-state index >= 15 is 0 Å². The number of nitrogens with zero attached hydrogens (tertiary/aromatic N) is 1. The van der Waals surface area contributed by atoms with Gasteiger partial charge in [-0.3, -0.25) is 0 Å². The summed E-state index contributed by atoms with van der Waals surface area (Å²) in [5, 5.41) is 8.80. The number of carboxylic acid groups (broad SMARTS) is 1. The zero-order chi connectivity index (χ0) is 14.8. The number of hydrogen-bond donors (Lipinski definition) is 1. The monoisotopic (exact) mass is 283 g/mol. The number of alkyl halides is 3. The van der Waals surface area contributed by atoms with E-state index in [1.807, 2.05) is 0 Å². The van der Waals surface area contributed by atoms with Crippen LogP contribution in [0.4, 0.5) is 13.2 Å². The topological polar surface area (TPSA) is 59.4 Å². The fourth-order valence-corrected chi connectivity index (χ4v) is 1.50. The molecular formula is C13H8F3NO3. The van der Waals surface area contributed by atoms with Crippen LogP contribution in [0.15, 0.2) is 42.6 Å². The first-order valence-corrected chi connectivity index (χ1v) is 5.41. The van der Waals surface area contributed by atoms with Gasteiger partial charge in [-0.1, -0.05) is 12.1 Å². The Hall–Kier alpha value is -2.57. The average molecular weight is 283 g/mol. The molecule has 2 aromatic rings. The van der Waals surface area contributed by atoms with Crippen LogP contribution in [0.1, 0.15) is 15.9 Å². The van der Waals surface area contributed by atoms with Gasteiger partial charge in [-0.15, -0.1) is 0 Å². The maximum Gasteiger partial charge on any atom is 0.419 e. The van der Waals surface area contributed by atoms with Crippen molar-refractivity contribution in [1.29, 1.82) is 0 Å². The molecular weight excluding hydrogens is 275 g/mol. The molecule has 0 saturated carbocycles. The number of para-hydroxylation sites is 1. The van der Waals surface area contributed by atoms with Crippen molar-refractivity contribution in [3.05, 3.63) is 53.7 Å². The molecule has 7 heteroatoms. The first-order valence-electron chi connectivity index (χ1n) is 5.41. The molecule has 0 fully saturated rings. The number of carbonyl (C=O) groups is 1. The third kappa shape index (κ3) is 3.05. The predicted molar refractivity (Wildman–Crippen MR) is 62.7 cm³/mol. The standard InChI is InChI=1S/C13H8F3NO3/c14-13(15,16)9-3-1-2-4-10(9)20-11-7-8(12(18)19)5-6-17-11/h1-7H,(H,18,19). The highest BCUT2D eigenvalue weighted by atomic mass is 19.4. The summed E-state index contributed by atoms with van der Waals surface area (Å²) in [5.74, 6) is -1.88. The van der Waals surface area contributed by atoms with Crippen molar-refractivity contribution in [3.8, 4) is 11.6 Å². The molecule has 0 aliphatic heterocycles. The lowest BCUT2D eigenvalue weighted by Crippen LogP contribution is -2.07. The number of ether oxygens (including phenoxy) is 1. The maximum absolute atomic E-state index is 12.8. The Morgan fingerprint density at radius 1 is 1.20 bits per heavy atom. The van der Waals surface area contributed by atoms with Crippen molar-refractivity contribution < 1.29 is 27.8 Å². The molecule has 0 unspecified atom stereocenters. The highest BCUT2D eigenvalue weighted by molar-refractivity contribution is 5.87. The number of carboxylic acids is 1. The number of halogens is 3. The fourth-order valence-electron chi connectivity index (χ4n) is 1.50. The van der Waals surface area contributed by atoms with Crippen LogP contribution in [-0.4, -0.2) is 16.1 Å². The van der Waals surface area contributed by atoms with Gasteiger partial charge in [0.25, 0.3) is 0 Å². The number of rotatable bonds is 3. The van der Waals surface area contributed by atoms with E-state index in [2.05, 4.69) is 4.98 Å². The van der Waals surface area contributed by atoms with Crippen molar-refractivity contribution in [2.45, 2.75) is 6.18 Å². The highest BCUT2D eigenvalue weighted by Crippen LogP contribution is 2.37. The molecule has 0 atom stereocenters. The normalized spacial score (nSPS) is 11.2. The molecule has 0 radical (unpaired) electrons. The summed E-state index contributed by atoms with van der Waals surface area (Å²) >= 11 is 0. The molecule has 104 valence electrons. The summed E-state index contributed by atoms with van der Waals surface area (Å²) in [7, 11) is 0. The van der Waals surface area contributed by atoms with Gasteiger partial charge in [-0.25, -0.2) is 9.78 Å². The maximum atomic E-state index is 12.8. The molecule has 1 N–H and O–H groups in total. The molecule has 0 aliphatic rings. The van der Waals surface area contributed by atoms with E-state index < -0.39 is 23.5 Å². The van der Waals surface area contributed by atoms with Crippen molar-refractivity contribution in [1.82, 2.24) is 4.98 Å². The molecule has 0 saturated heterocycles. The zero-order valence-electron chi connectivity index (χ0n) is 9.89. The predicted octanol–water partition coefficient (Wildman–Crippen LogP) is 3.59. The van der Waals surface area contributed by atoms with E-state index in [0.717, 1.165) is 24.4 Å². The van der Waals surface area contributed by atoms with Gasteiger partial charge in [0.15, 0.2) is 0 Å². The average Bonchev–Trinajstić information content (AvgIpc) is 2.38. The lowest BCUT2D eigenvalue weighted by molar-refractivity contribution is -0.138. The van der Waals surface area contributed by atoms with Crippen molar-refractivity contribution in [2.24, 2.45) is 0 Å². The zero-order valence-corrected chi connectivity index (χ0v) is 9.89. The highest BCUT2D eigenvalue weighted by Gasteiger charge is 2.34. The first-order chi connectivity index (χ1) is 9.38. The minimum atomic E-state index is -4.57. The summed E-state index contributed by atoms with van der Waals surface area (Å²) in [5.41, 5.74) is -1.08. The molecule has 0 amide bonds. The van der Waals surface area contributed by atoms with E-state index in [-0.39, 0.29) is 11.4 Å². The Bertz CT molecular complexity index is 641. The summed E-state index contributed by atoms with van der Waals surface area (Å²) in [6.45, 7) is 0. The quantitative estimate of drug-likeness (QED) is 0.935. The lowest BCUT2D eigenvalue weighted by atomic mass is 10.2. The summed E-state index contributed by atoms with van der Waals surface area (Å²) in [6.07, 6.45) is -3.42. The second kappa shape index (κ2) is 5.20. The van der Waals surface area contributed by atoms with Gasteiger partial charge in [0.1, 0.15) is 5.75 Å². The van der Waals surface area contributed by atoms with Gasteiger partial charge in [0, 0.05) is 12.3 Å². The van der Waals surface area contributed by atoms with Gasteiger partial charge >= 0.3 is 12.1 Å². The second-order valence-electron chi connectivity index (χ2n) is 3.78. The van der Waals surface area contributed by atoms with Crippen LogP contribution in [-0.2, 0) is 6.18 Å². The largest absolute Gasteiger partial charge is 0.478 e. The Morgan fingerprint density at radius 3 is 2.55 bits per heavy atom. The Morgan fingerprint density at radius 2 is 1.90 bits per heavy atom. The summed E-state index contributed by atoms with van der Waals surface area (Å²) in [4.78, 5) is 14.5. The van der Waals surface area contributed by atoms with Crippen LogP contribution in [0.25, 0.3) is 0 Å². The SMILES string of the molecule is O=C(O)c1ccnc(Oc2ccccc2C(F)(F)F)c1. The van der Waals surface area contributed by atoms with Crippen LogP contribution >= 0.6 is 0 Å². The van der Waals surface area contributed by atoms with Gasteiger partial charge in [-0.05, 0) is 18.2 Å². The number of pyridine rings is 1. The van der Waals surface area contributed by atoms with Gasteiger partial charge < -0.3 is 9.84 Å². The third-order valence-corrected chi connectivity index (χ3v) is 2.39. The first kappa shape index (κ1) is 13.9. The van der Waals surface area contributed by atoms with Crippen molar-refractivity contribution in [2.75, 3.05) is 0 Å². The van der Waals surface area contributed by atoms with Crippen LogP contribution in [0.2, 0.25) is 0 Å². The van der Waals surface area contributed by atoms with Crippen molar-refractivity contribution in [3.63, 3.8) is 0 Å². The minimum absolute atomic E-state index is 0.125. The molecule has 1 aromatic carbocycles. The summed E-state index contributed by atoms with van der Waals surface area (Å²) in [6, 6.07) is 6.89. The second-order valence-corrected chi connectivity index (χ2v) is 3.78. The van der Waals surface area contributed by atoms with E-state index in [9.17, 15) is 18.0 Å². The number of aromatic nitrogens is 1. The van der Waals surface area contributed by atoms with Crippen LogP contribution in [0.5, 0.6) is 11.6 Å². The smallest absolute Gasteiger partial charge is 0.419 e. The lowest BCUT2D eigenvalue weighted by Gasteiger charge is -2.12. The number of hydrogen-bond acceptors (Lipinski definition) is 3.